The van der Waals surface area contributed by atoms with Gasteiger partial charge < -0.3 is 14.2 Å². The van der Waals surface area contributed by atoms with Crippen LogP contribution in [-0.2, 0) is 24.3 Å². The zero-order chi connectivity index (χ0) is 21.4. The standard InChI is InChI=1S/C22H25NO6S/c1-18-3-2-4-20(17-18)28-15-16-29-22(24)10-7-19-5-8-21(9-6-19)30(25,26)23-11-13-27-14-12-23/h2-10,17H,11-16H2,1H3/b10-7+. The lowest BCUT2D eigenvalue weighted by molar-refractivity contribution is -0.138. The van der Waals surface area contributed by atoms with Crippen LogP contribution in [0.1, 0.15) is 11.1 Å². The quantitative estimate of drug-likeness (QED) is 0.363. The molecule has 0 bridgehead atoms. The Labute approximate surface area is 176 Å². The van der Waals surface area contributed by atoms with Gasteiger partial charge in [-0.05, 0) is 48.4 Å². The van der Waals surface area contributed by atoms with Crippen LogP contribution in [0.25, 0.3) is 6.08 Å². The summed E-state index contributed by atoms with van der Waals surface area (Å²) in [7, 11) is -3.53. The van der Waals surface area contributed by atoms with Crippen molar-refractivity contribution in [3.8, 4) is 5.75 Å². The minimum absolute atomic E-state index is 0.133. The smallest absolute Gasteiger partial charge is 0.330 e. The molecule has 3 rings (SSSR count). The maximum atomic E-state index is 12.6. The third kappa shape index (κ3) is 6.16. The van der Waals surface area contributed by atoms with E-state index in [2.05, 4.69) is 0 Å². The number of nitrogens with zero attached hydrogens (tertiary/aromatic N) is 1. The number of sulfonamides is 1. The van der Waals surface area contributed by atoms with Crippen LogP contribution in [0.5, 0.6) is 5.75 Å². The van der Waals surface area contributed by atoms with Gasteiger partial charge >= 0.3 is 5.97 Å². The van der Waals surface area contributed by atoms with Gasteiger partial charge in [0.25, 0.3) is 0 Å². The van der Waals surface area contributed by atoms with Crippen LogP contribution in [0.15, 0.2) is 59.5 Å². The average molecular weight is 432 g/mol. The van der Waals surface area contributed by atoms with Crippen molar-refractivity contribution in [1.29, 1.82) is 0 Å². The minimum Gasteiger partial charge on any atom is -0.490 e. The van der Waals surface area contributed by atoms with Gasteiger partial charge in [0, 0.05) is 19.2 Å². The molecule has 0 amide bonds. The van der Waals surface area contributed by atoms with Gasteiger partial charge in [-0.2, -0.15) is 4.31 Å². The highest BCUT2D eigenvalue weighted by atomic mass is 32.2. The molecule has 1 fully saturated rings. The van der Waals surface area contributed by atoms with Crippen molar-refractivity contribution >= 4 is 22.1 Å². The molecule has 0 spiro atoms. The van der Waals surface area contributed by atoms with Crippen LogP contribution >= 0.6 is 0 Å². The second-order valence-electron chi connectivity index (χ2n) is 6.75. The fourth-order valence-corrected chi connectivity index (χ4v) is 4.31. The van der Waals surface area contributed by atoms with Crippen molar-refractivity contribution in [2.45, 2.75) is 11.8 Å². The van der Waals surface area contributed by atoms with Crippen molar-refractivity contribution in [2.75, 3.05) is 39.5 Å². The Balaban J connectivity index is 1.46. The van der Waals surface area contributed by atoms with E-state index in [-0.39, 0.29) is 18.1 Å². The van der Waals surface area contributed by atoms with Crippen molar-refractivity contribution < 1.29 is 27.4 Å². The van der Waals surface area contributed by atoms with Crippen LogP contribution in [0, 0.1) is 6.92 Å². The first-order valence-electron chi connectivity index (χ1n) is 9.67. The van der Waals surface area contributed by atoms with E-state index in [1.165, 1.54) is 22.5 Å². The Kier molecular flexibility index (Phi) is 7.62. The summed E-state index contributed by atoms with van der Waals surface area (Å²) in [5.41, 5.74) is 1.79. The molecule has 1 heterocycles. The molecular formula is C22H25NO6S. The van der Waals surface area contributed by atoms with E-state index in [0.29, 0.717) is 31.9 Å². The van der Waals surface area contributed by atoms with Gasteiger partial charge in [-0.15, -0.1) is 0 Å². The maximum Gasteiger partial charge on any atom is 0.330 e. The second kappa shape index (κ2) is 10.4. The highest BCUT2D eigenvalue weighted by Gasteiger charge is 2.25. The molecule has 2 aromatic carbocycles. The molecule has 0 saturated carbocycles. The molecule has 1 aliphatic rings. The third-order valence-electron chi connectivity index (χ3n) is 4.49. The van der Waals surface area contributed by atoms with E-state index in [9.17, 15) is 13.2 Å². The van der Waals surface area contributed by atoms with Crippen LogP contribution in [0.3, 0.4) is 0 Å². The van der Waals surface area contributed by atoms with Gasteiger partial charge in [-0.1, -0.05) is 24.3 Å². The van der Waals surface area contributed by atoms with Crippen LogP contribution in [-0.4, -0.2) is 58.2 Å². The number of rotatable bonds is 8. The molecule has 0 atom stereocenters. The highest BCUT2D eigenvalue weighted by Crippen LogP contribution is 2.18. The van der Waals surface area contributed by atoms with E-state index in [1.54, 1.807) is 18.2 Å². The number of carbonyl (C=O) groups excluding carboxylic acids is 1. The number of hydrogen-bond donors (Lipinski definition) is 0. The molecule has 0 aliphatic carbocycles. The molecule has 0 radical (unpaired) electrons. The normalized spacial score (nSPS) is 15.2. The van der Waals surface area contributed by atoms with Crippen LogP contribution in [0.2, 0.25) is 0 Å². The zero-order valence-electron chi connectivity index (χ0n) is 16.8. The lowest BCUT2D eigenvalue weighted by Crippen LogP contribution is -2.40. The number of hydrogen-bond acceptors (Lipinski definition) is 6. The van der Waals surface area contributed by atoms with E-state index < -0.39 is 16.0 Å². The molecule has 30 heavy (non-hydrogen) atoms. The second-order valence-corrected chi connectivity index (χ2v) is 8.69. The molecule has 0 unspecified atom stereocenters. The third-order valence-corrected chi connectivity index (χ3v) is 6.40. The fraction of sp³-hybridized carbons (Fsp3) is 0.318. The Bertz CT molecular complexity index is 979. The first-order chi connectivity index (χ1) is 14.4. The summed E-state index contributed by atoms with van der Waals surface area (Å²) >= 11 is 0. The predicted molar refractivity (Wildman–Crippen MR) is 113 cm³/mol. The SMILES string of the molecule is Cc1cccc(OCCOC(=O)/C=C/c2ccc(S(=O)(=O)N3CCOCC3)cc2)c1. The van der Waals surface area contributed by atoms with E-state index >= 15 is 0 Å². The first-order valence-corrected chi connectivity index (χ1v) is 11.1. The Morgan fingerprint density at radius 1 is 1.10 bits per heavy atom. The molecule has 7 nitrogen and oxygen atoms in total. The van der Waals surface area contributed by atoms with Crippen LogP contribution < -0.4 is 4.74 Å². The monoisotopic (exact) mass is 431 g/mol. The topological polar surface area (TPSA) is 82.1 Å². The average Bonchev–Trinajstić information content (AvgIpc) is 2.76. The van der Waals surface area contributed by atoms with Crippen molar-refractivity contribution in [3.05, 3.63) is 65.7 Å². The molecule has 2 aromatic rings. The molecular weight excluding hydrogens is 406 g/mol. The maximum absolute atomic E-state index is 12.6. The molecule has 0 N–H and O–H groups in total. The number of carbonyl (C=O) groups is 1. The summed E-state index contributed by atoms with van der Waals surface area (Å²) in [6, 6.07) is 14.0. The van der Waals surface area contributed by atoms with Gasteiger partial charge in [-0.25, -0.2) is 13.2 Å². The van der Waals surface area contributed by atoms with Crippen molar-refractivity contribution in [1.82, 2.24) is 4.31 Å². The van der Waals surface area contributed by atoms with Crippen LogP contribution in [0.4, 0.5) is 0 Å². The number of benzene rings is 2. The van der Waals surface area contributed by atoms with Gasteiger partial charge in [0.2, 0.25) is 10.0 Å². The molecule has 0 aromatic heterocycles. The van der Waals surface area contributed by atoms with E-state index in [0.717, 1.165) is 11.3 Å². The minimum atomic E-state index is -3.53. The van der Waals surface area contributed by atoms with Gasteiger partial charge in [0.15, 0.2) is 0 Å². The summed E-state index contributed by atoms with van der Waals surface area (Å²) in [5.74, 6) is 0.238. The zero-order valence-corrected chi connectivity index (χ0v) is 17.6. The Morgan fingerprint density at radius 3 is 2.53 bits per heavy atom. The van der Waals surface area contributed by atoms with Gasteiger partial charge in [-0.3, -0.25) is 0 Å². The summed E-state index contributed by atoms with van der Waals surface area (Å²) in [4.78, 5) is 12.1. The number of aryl methyl sites for hydroxylation is 1. The van der Waals surface area contributed by atoms with E-state index in [1.807, 2.05) is 31.2 Å². The Morgan fingerprint density at radius 2 is 1.83 bits per heavy atom. The summed E-state index contributed by atoms with van der Waals surface area (Å²) in [6.45, 7) is 3.87. The van der Waals surface area contributed by atoms with Crippen molar-refractivity contribution in [3.63, 3.8) is 0 Å². The summed E-state index contributed by atoms with van der Waals surface area (Å²) < 4.78 is 42.4. The van der Waals surface area contributed by atoms with Gasteiger partial charge in [0.05, 0.1) is 18.1 Å². The fourth-order valence-electron chi connectivity index (χ4n) is 2.91. The molecule has 160 valence electrons. The highest BCUT2D eigenvalue weighted by molar-refractivity contribution is 7.89. The van der Waals surface area contributed by atoms with Gasteiger partial charge in [0.1, 0.15) is 19.0 Å². The lowest BCUT2D eigenvalue weighted by Gasteiger charge is -2.26. The molecule has 1 aliphatic heterocycles. The number of morpholine rings is 1. The molecule has 1 saturated heterocycles. The largest absolute Gasteiger partial charge is 0.490 e. The number of ether oxygens (including phenoxy) is 3. The Hall–Kier alpha value is -2.68. The first kappa shape index (κ1) is 22.0. The summed E-state index contributed by atoms with van der Waals surface area (Å²) in [5, 5.41) is 0. The number of esters is 1. The lowest BCUT2D eigenvalue weighted by atomic mass is 10.2. The summed E-state index contributed by atoms with van der Waals surface area (Å²) in [6.07, 6.45) is 2.88. The van der Waals surface area contributed by atoms with E-state index in [4.69, 9.17) is 14.2 Å². The molecule has 8 heteroatoms. The van der Waals surface area contributed by atoms with Crippen molar-refractivity contribution in [2.24, 2.45) is 0 Å². The predicted octanol–water partition coefficient (Wildman–Crippen LogP) is 2.65.